The van der Waals surface area contributed by atoms with Gasteiger partial charge >= 0.3 is 0 Å². The molecule has 1 aliphatic carbocycles. The van der Waals surface area contributed by atoms with E-state index in [-0.39, 0.29) is 12.5 Å². The number of nitriles is 1. The lowest BCUT2D eigenvalue weighted by molar-refractivity contribution is 0.107. The van der Waals surface area contributed by atoms with Crippen molar-refractivity contribution in [2.75, 3.05) is 13.2 Å². The van der Waals surface area contributed by atoms with E-state index in [1.165, 1.54) is 0 Å². The summed E-state index contributed by atoms with van der Waals surface area (Å²) in [6.45, 7) is 5.14. The number of hydrogen-bond donors (Lipinski definition) is 1. The second-order valence-corrected chi connectivity index (χ2v) is 4.29. The lowest BCUT2D eigenvalue weighted by Gasteiger charge is -2.33. The lowest BCUT2D eigenvalue weighted by atomic mass is 10.0. The minimum absolute atomic E-state index is 0.170. The Balaban J connectivity index is 2.62. The van der Waals surface area contributed by atoms with E-state index >= 15 is 0 Å². The molecule has 0 aliphatic heterocycles. The van der Waals surface area contributed by atoms with Crippen LogP contribution in [-0.2, 0) is 0 Å². The van der Waals surface area contributed by atoms with Gasteiger partial charge in [-0.15, -0.1) is 0 Å². The Morgan fingerprint density at radius 2 is 2.21 bits per heavy atom. The van der Waals surface area contributed by atoms with Crippen molar-refractivity contribution in [3.8, 4) is 6.07 Å². The summed E-state index contributed by atoms with van der Waals surface area (Å²) in [7, 11) is 0. The number of hydrogen-bond acceptors (Lipinski definition) is 3. The maximum Gasteiger partial charge on any atom is 0.0672 e. The van der Waals surface area contributed by atoms with Crippen molar-refractivity contribution in [1.82, 2.24) is 4.90 Å². The van der Waals surface area contributed by atoms with E-state index in [1.807, 2.05) is 0 Å². The Labute approximate surface area is 86.3 Å². The minimum Gasteiger partial charge on any atom is -0.395 e. The molecule has 0 amide bonds. The van der Waals surface area contributed by atoms with Gasteiger partial charge in [-0.05, 0) is 26.7 Å². The van der Waals surface area contributed by atoms with Gasteiger partial charge in [0.15, 0.2) is 0 Å². The van der Waals surface area contributed by atoms with Crippen molar-refractivity contribution in [2.24, 2.45) is 5.92 Å². The Morgan fingerprint density at radius 3 is 2.71 bits per heavy atom. The van der Waals surface area contributed by atoms with E-state index < -0.39 is 0 Å². The third-order valence-electron chi connectivity index (χ3n) is 3.09. The Hall–Kier alpha value is -0.590. The molecule has 1 fully saturated rings. The van der Waals surface area contributed by atoms with Gasteiger partial charge in [-0.1, -0.05) is 6.42 Å². The molecule has 3 heteroatoms. The quantitative estimate of drug-likeness (QED) is 0.739. The van der Waals surface area contributed by atoms with Gasteiger partial charge in [0, 0.05) is 18.6 Å². The molecule has 2 unspecified atom stereocenters. The Kier molecular flexibility index (Phi) is 4.37. The van der Waals surface area contributed by atoms with Crippen LogP contribution in [0.1, 0.15) is 33.1 Å². The summed E-state index contributed by atoms with van der Waals surface area (Å²) in [5.74, 6) is 0.170. The smallest absolute Gasteiger partial charge is 0.0672 e. The molecule has 1 N–H and O–H groups in total. The van der Waals surface area contributed by atoms with E-state index in [2.05, 4.69) is 24.8 Å². The number of aliphatic hydroxyl groups excluding tert-OH is 1. The molecule has 2 atom stereocenters. The highest BCUT2D eigenvalue weighted by Gasteiger charge is 2.32. The van der Waals surface area contributed by atoms with Crippen molar-refractivity contribution in [1.29, 1.82) is 5.26 Å². The molecule has 0 aromatic carbocycles. The van der Waals surface area contributed by atoms with Crippen molar-refractivity contribution >= 4 is 0 Å². The number of rotatable bonds is 4. The molecule has 0 aromatic heterocycles. The van der Waals surface area contributed by atoms with Crippen LogP contribution >= 0.6 is 0 Å². The summed E-state index contributed by atoms with van der Waals surface area (Å²) in [4.78, 5) is 2.26. The largest absolute Gasteiger partial charge is 0.395 e. The van der Waals surface area contributed by atoms with E-state index in [0.29, 0.717) is 18.6 Å². The first-order chi connectivity index (χ1) is 6.70. The summed E-state index contributed by atoms with van der Waals surface area (Å²) in [5.41, 5.74) is 0. The van der Waals surface area contributed by atoms with Crippen LogP contribution < -0.4 is 0 Å². The monoisotopic (exact) mass is 196 g/mol. The fourth-order valence-corrected chi connectivity index (χ4v) is 2.41. The van der Waals surface area contributed by atoms with Gasteiger partial charge in [-0.2, -0.15) is 5.26 Å². The molecule has 80 valence electrons. The van der Waals surface area contributed by atoms with Gasteiger partial charge in [0.05, 0.1) is 18.6 Å². The molecule has 1 saturated carbocycles. The number of nitrogens with zero attached hydrogens (tertiary/aromatic N) is 2. The average Bonchev–Trinajstić information content (AvgIpc) is 2.61. The second kappa shape index (κ2) is 5.33. The van der Waals surface area contributed by atoms with Crippen LogP contribution in [0.25, 0.3) is 0 Å². The van der Waals surface area contributed by atoms with Crippen molar-refractivity contribution in [2.45, 2.75) is 45.2 Å². The van der Waals surface area contributed by atoms with Gasteiger partial charge in [0.25, 0.3) is 0 Å². The van der Waals surface area contributed by atoms with E-state index in [1.54, 1.807) is 0 Å². The summed E-state index contributed by atoms with van der Waals surface area (Å²) in [6.07, 6.45) is 3.28. The molecule has 0 aromatic rings. The Morgan fingerprint density at radius 1 is 1.50 bits per heavy atom. The first-order valence-corrected chi connectivity index (χ1v) is 5.47. The van der Waals surface area contributed by atoms with Gasteiger partial charge in [-0.25, -0.2) is 0 Å². The molecule has 14 heavy (non-hydrogen) atoms. The standard InChI is InChI=1S/C11H20N2O/c1-9(2)13(6-7-14)11-5-3-4-10(11)8-12/h9-11,14H,3-7H2,1-2H3. The van der Waals surface area contributed by atoms with Crippen LogP contribution in [0.5, 0.6) is 0 Å². The van der Waals surface area contributed by atoms with Crippen LogP contribution in [0, 0.1) is 17.2 Å². The molecule has 0 saturated heterocycles. The molecule has 3 nitrogen and oxygen atoms in total. The zero-order valence-corrected chi connectivity index (χ0v) is 9.11. The van der Waals surface area contributed by atoms with E-state index in [0.717, 1.165) is 19.3 Å². The summed E-state index contributed by atoms with van der Waals surface area (Å²) >= 11 is 0. The molecule has 1 aliphatic rings. The normalized spacial score (nSPS) is 27.1. The van der Waals surface area contributed by atoms with Crippen LogP contribution in [0.3, 0.4) is 0 Å². The van der Waals surface area contributed by atoms with Crippen LogP contribution in [0.15, 0.2) is 0 Å². The minimum atomic E-state index is 0.170. The molecular weight excluding hydrogens is 176 g/mol. The third-order valence-corrected chi connectivity index (χ3v) is 3.09. The van der Waals surface area contributed by atoms with Crippen LogP contribution in [0.2, 0.25) is 0 Å². The fraction of sp³-hybridized carbons (Fsp3) is 0.909. The van der Waals surface area contributed by atoms with Gasteiger partial charge in [-0.3, -0.25) is 4.90 Å². The predicted octanol–water partition coefficient (Wildman–Crippen LogP) is 1.38. The third kappa shape index (κ3) is 2.46. The molecule has 1 rings (SSSR count). The Bertz CT molecular complexity index is 210. The molecule has 0 heterocycles. The van der Waals surface area contributed by atoms with E-state index in [4.69, 9.17) is 10.4 Å². The molecule has 0 radical (unpaired) electrons. The first kappa shape index (κ1) is 11.5. The zero-order valence-electron chi connectivity index (χ0n) is 9.11. The predicted molar refractivity (Wildman–Crippen MR) is 55.7 cm³/mol. The summed E-state index contributed by atoms with van der Waals surface area (Å²) in [5, 5.41) is 18.0. The second-order valence-electron chi connectivity index (χ2n) is 4.29. The SMILES string of the molecule is CC(C)N(CCO)C1CCCC1C#N. The summed E-state index contributed by atoms with van der Waals surface area (Å²) < 4.78 is 0. The highest BCUT2D eigenvalue weighted by atomic mass is 16.3. The topological polar surface area (TPSA) is 47.3 Å². The molecule has 0 spiro atoms. The van der Waals surface area contributed by atoms with Crippen molar-refractivity contribution in [3.05, 3.63) is 0 Å². The average molecular weight is 196 g/mol. The first-order valence-electron chi connectivity index (χ1n) is 5.47. The van der Waals surface area contributed by atoms with Gasteiger partial charge in [0.2, 0.25) is 0 Å². The number of aliphatic hydroxyl groups is 1. The zero-order chi connectivity index (χ0) is 10.6. The van der Waals surface area contributed by atoms with Gasteiger partial charge < -0.3 is 5.11 Å². The molecule has 0 bridgehead atoms. The maximum atomic E-state index is 9.00. The van der Waals surface area contributed by atoms with Crippen molar-refractivity contribution in [3.63, 3.8) is 0 Å². The van der Waals surface area contributed by atoms with Gasteiger partial charge in [0.1, 0.15) is 0 Å². The highest BCUT2D eigenvalue weighted by Crippen LogP contribution is 2.30. The maximum absolute atomic E-state index is 9.00. The van der Waals surface area contributed by atoms with E-state index in [9.17, 15) is 0 Å². The fourth-order valence-electron chi connectivity index (χ4n) is 2.41. The van der Waals surface area contributed by atoms with Crippen LogP contribution in [-0.4, -0.2) is 35.2 Å². The highest BCUT2D eigenvalue weighted by molar-refractivity contribution is 4.98. The molecular formula is C11H20N2O. The van der Waals surface area contributed by atoms with Crippen molar-refractivity contribution < 1.29 is 5.11 Å². The summed E-state index contributed by atoms with van der Waals surface area (Å²) in [6, 6.07) is 3.17. The van der Waals surface area contributed by atoms with Crippen LogP contribution in [0.4, 0.5) is 0 Å². The lowest BCUT2D eigenvalue weighted by Crippen LogP contribution is -2.43.